The molecule has 2 unspecified atom stereocenters. The van der Waals surface area contributed by atoms with Gasteiger partial charge < -0.3 is 0 Å². The first-order chi connectivity index (χ1) is 29.1. The normalized spacial score (nSPS) is 21.7. The molecule has 0 amide bonds. The minimum Gasteiger partial charge on any atom is -0.0680 e. The Morgan fingerprint density at radius 1 is 0.433 bits per heavy atom. The second kappa shape index (κ2) is 15.5. The molecule has 0 saturated heterocycles. The van der Waals surface area contributed by atoms with Crippen LogP contribution in [-0.2, 0) is 10.8 Å². The zero-order valence-corrected chi connectivity index (χ0v) is 37.3. The molecule has 2 heteroatoms. The molecule has 2 atom stereocenters. The molecule has 4 bridgehead atoms. The van der Waals surface area contributed by atoms with Crippen LogP contribution in [0.3, 0.4) is 0 Å². The van der Waals surface area contributed by atoms with Gasteiger partial charge in [-0.2, -0.15) is 0 Å². The molecule has 4 aliphatic carbocycles. The zero-order valence-electron chi connectivity index (χ0n) is 36.4. The first-order valence-corrected chi connectivity index (χ1v) is 23.8. The Balaban J connectivity index is 0.967. The minimum absolute atomic E-state index is 0.173. The molecule has 0 heterocycles. The number of hydrogen-bond acceptors (Lipinski definition) is 0. The molecule has 298 valence electrons. The molecule has 0 nitrogen and oxygen atoms in total. The third-order valence-corrected chi connectivity index (χ3v) is 17.4. The van der Waals surface area contributed by atoms with Gasteiger partial charge in [0.1, 0.15) is 0 Å². The molecule has 4 saturated carbocycles. The molecular weight excluding hydrogens is 738 g/mol. The van der Waals surface area contributed by atoms with Crippen molar-refractivity contribution in [2.75, 3.05) is 0 Å². The van der Waals surface area contributed by atoms with E-state index in [0.29, 0.717) is 0 Å². The Labute approximate surface area is 361 Å². The monoisotopic (exact) mass is 796 g/mol. The summed E-state index contributed by atoms with van der Waals surface area (Å²) in [4.78, 5) is 0. The van der Waals surface area contributed by atoms with Gasteiger partial charge in [0.05, 0.1) is 0 Å². The predicted octanol–water partition coefficient (Wildman–Crippen LogP) is 11.3. The summed E-state index contributed by atoms with van der Waals surface area (Å²) < 4.78 is 0. The highest BCUT2D eigenvalue weighted by Crippen LogP contribution is 2.66. The molecule has 0 N–H and O–H groups in total. The Bertz CT molecular complexity index is 2520. The van der Waals surface area contributed by atoms with Gasteiger partial charge in [0.2, 0.25) is 6.71 Å². The highest BCUT2D eigenvalue weighted by molar-refractivity contribution is 7.79. The summed E-state index contributed by atoms with van der Waals surface area (Å²) in [7, 11) is -0.599. The SMILES string of the molecule is Cc1cc(C)c(B(c2cccc(-c3ccc(C45CC6CC(C4)CC(c4ccc(P(c7ccccc7)c7ccccc7)cc4)(C6)C5)cc3)c2)c2c(C)cc(C)cc2C)c(C)c1. The summed E-state index contributed by atoms with van der Waals surface area (Å²) >= 11 is 0. The largest absolute Gasteiger partial charge is 0.242 e. The second-order valence-electron chi connectivity index (χ2n) is 19.3. The van der Waals surface area contributed by atoms with Gasteiger partial charge in [-0.05, 0) is 149 Å². The van der Waals surface area contributed by atoms with E-state index >= 15 is 0 Å². The Morgan fingerprint density at radius 3 is 1.33 bits per heavy atom. The summed E-state index contributed by atoms with van der Waals surface area (Å²) in [6.45, 7) is 13.8. The molecule has 7 aromatic carbocycles. The molecule has 11 rings (SSSR count). The van der Waals surface area contributed by atoms with Gasteiger partial charge in [-0.3, -0.25) is 0 Å². The number of hydrogen-bond donors (Lipinski definition) is 0. The zero-order chi connectivity index (χ0) is 41.2. The molecule has 60 heavy (non-hydrogen) atoms. The van der Waals surface area contributed by atoms with Crippen LogP contribution in [0.2, 0.25) is 0 Å². The van der Waals surface area contributed by atoms with E-state index in [1.807, 2.05) is 0 Å². The van der Waals surface area contributed by atoms with E-state index in [1.165, 1.54) is 115 Å². The molecule has 4 aliphatic rings. The third kappa shape index (κ3) is 7.02. The lowest BCUT2D eigenvalue weighted by Gasteiger charge is -2.63. The van der Waals surface area contributed by atoms with Crippen molar-refractivity contribution in [1.82, 2.24) is 0 Å². The van der Waals surface area contributed by atoms with E-state index in [1.54, 1.807) is 11.1 Å². The number of benzene rings is 7. The van der Waals surface area contributed by atoms with Crippen LogP contribution in [0.15, 0.2) is 158 Å². The topological polar surface area (TPSA) is 0 Å². The third-order valence-electron chi connectivity index (χ3n) is 14.9. The number of rotatable bonds is 9. The van der Waals surface area contributed by atoms with Crippen molar-refractivity contribution in [3.05, 3.63) is 202 Å². The van der Waals surface area contributed by atoms with Crippen molar-refractivity contribution in [3.63, 3.8) is 0 Å². The van der Waals surface area contributed by atoms with Crippen molar-refractivity contribution in [2.45, 2.75) is 90.9 Å². The smallest absolute Gasteiger partial charge is 0.0680 e. The van der Waals surface area contributed by atoms with Crippen LogP contribution < -0.4 is 32.3 Å². The maximum absolute atomic E-state index is 2.54. The van der Waals surface area contributed by atoms with Gasteiger partial charge in [-0.15, -0.1) is 0 Å². The van der Waals surface area contributed by atoms with Crippen molar-refractivity contribution < 1.29 is 0 Å². The molecule has 0 radical (unpaired) electrons. The molecule has 4 fully saturated rings. The van der Waals surface area contributed by atoms with E-state index in [9.17, 15) is 0 Å². The Morgan fingerprint density at radius 2 is 0.867 bits per heavy atom. The lowest BCUT2D eigenvalue weighted by molar-refractivity contribution is -0.0281. The lowest BCUT2D eigenvalue weighted by atomic mass is 9.34. The van der Waals surface area contributed by atoms with Crippen molar-refractivity contribution in [1.29, 1.82) is 0 Å². The quantitative estimate of drug-likeness (QED) is 0.101. The first kappa shape index (κ1) is 39.2. The van der Waals surface area contributed by atoms with E-state index in [0.717, 1.165) is 11.8 Å². The van der Waals surface area contributed by atoms with Crippen LogP contribution in [0.5, 0.6) is 0 Å². The van der Waals surface area contributed by atoms with Gasteiger partial charge in [-0.1, -0.05) is 207 Å². The summed E-state index contributed by atoms with van der Waals surface area (Å²) in [5.74, 6) is 1.62. The van der Waals surface area contributed by atoms with Crippen LogP contribution in [0.25, 0.3) is 11.1 Å². The Kier molecular flexibility index (Phi) is 10.1. The summed E-state index contributed by atoms with van der Waals surface area (Å²) in [6, 6.07) is 61.3. The van der Waals surface area contributed by atoms with Gasteiger partial charge in [0, 0.05) is 0 Å². The second-order valence-corrected chi connectivity index (χ2v) is 21.6. The van der Waals surface area contributed by atoms with Crippen LogP contribution >= 0.6 is 7.92 Å². The van der Waals surface area contributed by atoms with Gasteiger partial charge in [0.25, 0.3) is 0 Å². The highest BCUT2D eigenvalue weighted by atomic mass is 31.1. The van der Waals surface area contributed by atoms with E-state index in [4.69, 9.17) is 0 Å². The van der Waals surface area contributed by atoms with Crippen molar-refractivity contribution in [2.24, 2.45) is 11.8 Å². The van der Waals surface area contributed by atoms with Gasteiger partial charge in [0.15, 0.2) is 0 Å². The molecule has 0 aliphatic heterocycles. The van der Waals surface area contributed by atoms with E-state index in [-0.39, 0.29) is 17.5 Å². The van der Waals surface area contributed by atoms with E-state index in [2.05, 4.69) is 199 Å². The fourth-order valence-electron chi connectivity index (χ4n) is 13.2. The fraction of sp³-hybridized carbons (Fsp3) is 0.276. The van der Waals surface area contributed by atoms with E-state index < -0.39 is 7.92 Å². The lowest BCUT2D eigenvalue weighted by Crippen LogP contribution is -2.56. The van der Waals surface area contributed by atoms with Crippen molar-refractivity contribution in [3.8, 4) is 11.1 Å². The Hall–Kier alpha value is -4.97. The number of aryl methyl sites for hydroxylation is 6. The standard InChI is InChI=1S/C58H58BP/c1-39-28-41(3)55(42(4)29-39)59(56-43(5)30-40(2)31-44(56)6)51-15-13-14-48(33-51)47-20-22-49(23-21-47)57-34-45-32-46(35-57)37-58(36-45,38-57)50-24-26-54(27-25-50)60(52-16-9-7-10-17-52)53-18-11-8-12-19-53/h7-31,33,45-46H,32,34-38H2,1-6H3. The maximum Gasteiger partial charge on any atom is 0.242 e. The highest BCUT2D eigenvalue weighted by Gasteiger charge is 2.58. The average Bonchev–Trinajstić information content (AvgIpc) is 3.23. The molecule has 0 spiro atoms. The predicted molar refractivity (Wildman–Crippen MR) is 261 cm³/mol. The van der Waals surface area contributed by atoms with Crippen LogP contribution in [-0.4, -0.2) is 6.71 Å². The minimum atomic E-state index is -0.599. The summed E-state index contributed by atoms with van der Waals surface area (Å²) in [5.41, 5.74) is 18.7. The van der Waals surface area contributed by atoms with Crippen LogP contribution in [0, 0.1) is 53.4 Å². The molecule has 7 aromatic rings. The summed E-state index contributed by atoms with van der Waals surface area (Å²) in [5, 5.41) is 4.29. The van der Waals surface area contributed by atoms with Crippen LogP contribution in [0.1, 0.15) is 83.0 Å². The molecule has 0 aromatic heterocycles. The maximum atomic E-state index is 2.54. The fourth-order valence-corrected chi connectivity index (χ4v) is 15.5. The van der Waals surface area contributed by atoms with Crippen molar-refractivity contribution >= 4 is 46.9 Å². The van der Waals surface area contributed by atoms with Gasteiger partial charge >= 0.3 is 0 Å². The van der Waals surface area contributed by atoms with Gasteiger partial charge in [-0.25, -0.2) is 0 Å². The molecular formula is C58H58BP. The average molecular weight is 797 g/mol. The summed E-state index contributed by atoms with van der Waals surface area (Å²) in [6.07, 6.45) is 8.08. The van der Waals surface area contributed by atoms with Crippen LogP contribution in [0.4, 0.5) is 0 Å². The first-order valence-electron chi connectivity index (χ1n) is 22.5.